The first-order valence-electron chi connectivity index (χ1n) is 19.6. The molecule has 1 aliphatic rings. The lowest BCUT2D eigenvalue weighted by atomic mass is 9.88. The van der Waals surface area contributed by atoms with Crippen LogP contribution in [-0.2, 0) is 14.3 Å². The van der Waals surface area contributed by atoms with Crippen molar-refractivity contribution in [1.29, 1.82) is 0 Å². The van der Waals surface area contributed by atoms with Crippen LogP contribution in [0.4, 0.5) is 5.69 Å². The lowest BCUT2D eigenvalue weighted by Gasteiger charge is -2.29. The van der Waals surface area contributed by atoms with Crippen LogP contribution in [-0.4, -0.2) is 82.7 Å². The summed E-state index contributed by atoms with van der Waals surface area (Å²) in [4.78, 5) is 35.1. The van der Waals surface area contributed by atoms with Crippen molar-refractivity contribution < 1.29 is 19.1 Å². The smallest absolute Gasteiger partial charge is 0.227 e. The first kappa shape index (κ1) is 43.0. The molecule has 2 aromatic carbocycles. The number of halogens is 1. The Morgan fingerprint density at radius 1 is 0.964 bits per heavy atom. The molecule has 0 bridgehead atoms. The van der Waals surface area contributed by atoms with Gasteiger partial charge in [-0.3, -0.25) is 19.1 Å². The third-order valence-electron chi connectivity index (χ3n) is 10.3. The summed E-state index contributed by atoms with van der Waals surface area (Å²) in [7, 11) is 2.11. The Morgan fingerprint density at radius 2 is 1.68 bits per heavy atom. The van der Waals surface area contributed by atoms with E-state index in [1.54, 1.807) is 11.3 Å². The largest absolute Gasteiger partial charge is 0.493 e. The van der Waals surface area contributed by atoms with Crippen LogP contribution in [0.3, 0.4) is 0 Å². The summed E-state index contributed by atoms with van der Waals surface area (Å²) in [5.74, 6) is 1.93. The molecule has 13 heteroatoms. The van der Waals surface area contributed by atoms with Gasteiger partial charge in [0.15, 0.2) is 5.82 Å². The van der Waals surface area contributed by atoms with Crippen LogP contribution >= 0.6 is 22.9 Å². The number of rotatable bonds is 19. The molecule has 1 aliphatic heterocycles. The first-order chi connectivity index (χ1) is 26.6. The Balaban J connectivity index is 1.12. The standard InChI is InChI=1S/C43H58ClN7O4S/c1-10-23-50(9)24-11-22-45-41(53)42(5,6)20-26-55-43(7,8)21-25-54-34-18-16-33(17-19-34)46-36(52)27-35-39-49-48-30(4)51(39)40-37(28(2)29(3)56-40)38(47-35)31-12-14-32(44)15-13-31/h12-19,35H,10-11,20-27H2,1-9H3,(H,45,53)(H,46,52)/t35-/m0/s1. The second-order valence-corrected chi connectivity index (χ2v) is 17.6. The van der Waals surface area contributed by atoms with Gasteiger partial charge in [0.2, 0.25) is 11.8 Å². The van der Waals surface area contributed by atoms with E-state index in [0.29, 0.717) is 54.9 Å². The van der Waals surface area contributed by atoms with Crippen molar-refractivity contribution in [2.75, 3.05) is 45.2 Å². The Morgan fingerprint density at radius 3 is 2.38 bits per heavy atom. The van der Waals surface area contributed by atoms with E-state index in [1.165, 1.54) is 4.88 Å². The van der Waals surface area contributed by atoms with Crippen LogP contribution in [0.5, 0.6) is 5.75 Å². The molecule has 11 nitrogen and oxygen atoms in total. The van der Waals surface area contributed by atoms with E-state index in [0.717, 1.165) is 59.2 Å². The van der Waals surface area contributed by atoms with Gasteiger partial charge in [-0.1, -0.05) is 44.5 Å². The highest BCUT2D eigenvalue weighted by Gasteiger charge is 2.33. The summed E-state index contributed by atoms with van der Waals surface area (Å²) >= 11 is 7.92. The quantitative estimate of drug-likeness (QED) is 0.0910. The van der Waals surface area contributed by atoms with E-state index in [2.05, 4.69) is 53.5 Å². The lowest BCUT2D eigenvalue weighted by molar-refractivity contribution is -0.131. The van der Waals surface area contributed by atoms with Crippen molar-refractivity contribution in [3.05, 3.63) is 86.8 Å². The number of aliphatic imine (C=N–C) groups is 1. The van der Waals surface area contributed by atoms with Gasteiger partial charge >= 0.3 is 0 Å². The molecule has 4 aromatic rings. The number of carbonyl (C=O) groups is 2. The number of thiophene rings is 1. The minimum atomic E-state index is -0.565. The highest BCUT2D eigenvalue weighted by atomic mass is 35.5. The normalized spacial score (nSPS) is 14.2. The number of nitrogens with one attached hydrogen (secondary N) is 2. The van der Waals surface area contributed by atoms with Crippen LogP contribution in [0.15, 0.2) is 53.5 Å². The number of amides is 2. The monoisotopic (exact) mass is 803 g/mol. The molecule has 3 heterocycles. The second-order valence-electron chi connectivity index (χ2n) is 15.9. The van der Waals surface area contributed by atoms with Gasteiger partial charge in [-0.25, -0.2) is 0 Å². The van der Waals surface area contributed by atoms with Gasteiger partial charge in [-0.05, 0) is 116 Å². The number of benzene rings is 2. The molecule has 0 spiro atoms. The van der Waals surface area contributed by atoms with Crippen LogP contribution < -0.4 is 15.4 Å². The molecule has 0 aliphatic carbocycles. The third kappa shape index (κ3) is 11.1. The number of carbonyl (C=O) groups excluding carboxylic acids is 2. The Hall–Kier alpha value is -4.10. The first-order valence-corrected chi connectivity index (χ1v) is 20.8. The topological polar surface area (TPSA) is 123 Å². The Kier molecular flexibility index (Phi) is 14.5. The summed E-state index contributed by atoms with van der Waals surface area (Å²) in [5.41, 5.74) is 3.59. The maximum atomic E-state index is 13.6. The van der Waals surface area contributed by atoms with Crippen LogP contribution in [0.25, 0.3) is 5.00 Å². The molecule has 2 aromatic heterocycles. The molecule has 56 heavy (non-hydrogen) atoms. The molecule has 302 valence electrons. The van der Waals surface area contributed by atoms with Crippen LogP contribution in [0, 0.1) is 26.2 Å². The minimum Gasteiger partial charge on any atom is -0.493 e. The fourth-order valence-electron chi connectivity index (χ4n) is 6.62. The predicted molar refractivity (Wildman–Crippen MR) is 227 cm³/mol. The van der Waals surface area contributed by atoms with Gasteiger partial charge < -0.3 is 25.0 Å². The van der Waals surface area contributed by atoms with Crippen molar-refractivity contribution >= 4 is 46.2 Å². The molecular formula is C43H58ClN7O4S. The van der Waals surface area contributed by atoms with E-state index in [1.807, 2.05) is 87.7 Å². The predicted octanol–water partition coefficient (Wildman–Crippen LogP) is 8.66. The van der Waals surface area contributed by atoms with Crippen molar-refractivity contribution in [3.8, 4) is 10.8 Å². The average molecular weight is 805 g/mol. The summed E-state index contributed by atoms with van der Waals surface area (Å²) in [6, 6.07) is 14.4. The maximum Gasteiger partial charge on any atom is 0.227 e. The highest BCUT2D eigenvalue weighted by Crippen LogP contribution is 2.39. The zero-order valence-electron chi connectivity index (χ0n) is 34.4. The van der Waals surface area contributed by atoms with Gasteiger partial charge in [0.1, 0.15) is 22.6 Å². The number of ether oxygens (including phenoxy) is 2. The van der Waals surface area contributed by atoms with E-state index in [4.69, 9.17) is 26.1 Å². The van der Waals surface area contributed by atoms with Gasteiger partial charge in [-0.2, -0.15) is 0 Å². The summed E-state index contributed by atoms with van der Waals surface area (Å²) in [5, 5.41) is 16.7. The zero-order valence-corrected chi connectivity index (χ0v) is 36.0. The zero-order chi connectivity index (χ0) is 40.6. The van der Waals surface area contributed by atoms with Crippen molar-refractivity contribution in [2.24, 2.45) is 10.4 Å². The number of hydrogen-bond donors (Lipinski definition) is 2. The van der Waals surface area contributed by atoms with Crippen molar-refractivity contribution in [2.45, 2.75) is 99.1 Å². The molecule has 0 unspecified atom stereocenters. The maximum absolute atomic E-state index is 13.6. The van der Waals surface area contributed by atoms with Gasteiger partial charge in [-0.15, -0.1) is 21.5 Å². The number of hydrogen-bond acceptors (Lipinski definition) is 9. The molecule has 1 atom stereocenters. The van der Waals surface area contributed by atoms with E-state index >= 15 is 0 Å². The van der Waals surface area contributed by atoms with Crippen LogP contribution in [0.2, 0.25) is 5.02 Å². The molecule has 0 saturated carbocycles. The lowest BCUT2D eigenvalue weighted by Crippen LogP contribution is -2.39. The van der Waals surface area contributed by atoms with E-state index < -0.39 is 17.1 Å². The highest BCUT2D eigenvalue weighted by molar-refractivity contribution is 7.15. The third-order valence-corrected chi connectivity index (χ3v) is 11.7. The molecule has 0 fully saturated rings. The molecular weight excluding hydrogens is 746 g/mol. The molecule has 2 N–H and O–H groups in total. The van der Waals surface area contributed by atoms with Crippen molar-refractivity contribution in [3.63, 3.8) is 0 Å². The summed E-state index contributed by atoms with van der Waals surface area (Å²) in [6.45, 7) is 20.0. The summed E-state index contributed by atoms with van der Waals surface area (Å²) in [6.07, 6.45) is 3.43. The second kappa shape index (κ2) is 18.9. The fourth-order valence-corrected chi connectivity index (χ4v) is 7.96. The number of fused-ring (bicyclic) bond motifs is 3. The number of aryl methyl sites for hydroxylation is 2. The summed E-state index contributed by atoms with van der Waals surface area (Å²) < 4.78 is 14.3. The average Bonchev–Trinajstić information content (AvgIpc) is 3.62. The molecule has 0 saturated heterocycles. The molecule has 5 rings (SSSR count). The number of nitrogens with zero attached hydrogens (tertiary/aromatic N) is 5. The Bertz CT molecular complexity index is 1990. The Labute approximate surface area is 341 Å². The van der Waals surface area contributed by atoms with Gasteiger partial charge in [0.25, 0.3) is 0 Å². The molecule has 0 radical (unpaired) electrons. The van der Waals surface area contributed by atoms with Crippen molar-refractivity contribution in [1.82, 2.24) is 25.0 Å². The van der Waals surface area contributed by atoms with Gasteiger partial charge in [0.05, 0.1) is 24.3 Å². The van der Waals surface area contributed by atoms with Crippen LogP contribution in [0.1, 0.15) is 106 Å². The van der Waals surface area contributed by atoms with E-state index in [9.17, 15) is 9.59 Å². The van der Waals surface area contributed by atoms with Gasteiger partial charge in [0, 0.05) is 51.7 Å². The van der Waals surface area contributed by atoms with E-state index in [-0.39, 0.29) is 18.2 Å². The SMILES string of the molecule is CCCN(C)CCCNC(=O)C(C)(C)CCOC(C)(C)CCOc1ccc(NC(=O)C[C@@H]2N=C(c3ccc(Cl)cc3)c3c(sc(C)c3C)-n3c(C)nnc32)cc1. The number of aromatic nitrogens is 3. The fraction of sp³-hybridized carbons (Fsp3) is 0.512. The number of anilines is 1. The molecule has 2 amide bonds. The minimum absolute atomic E-state index is 0.0584.